The Hall–Kier alpha value is -0.660. The molecule has 0 radical (unpaired) electrons. The van der Waals surface area contributed by atoms with Gasteiger partial charge in [-0.2, -0.15) is 0 Å². The van der Waals surface area contributed by atoms with Crippen molar-refractivity contribution < 1.29 is 13.2 Å². The van der Waals surface area contributed by atoms with E-state index in [-0.39, 0.29) is 9.92 Å². The molecule has 0 aliphatic carbocycles. The summed E-state index contributed by atoms with van der Waals surface area (Å²) in [6.07, 6.45) is 1.64. The van der Waals surface area contributed by atoms with Crippen LogP contribution in [0.5, 0.6) is 0 Å². The van der Waals surface area contributed by atoms with Crippen LogP contribution in [0.4, 0.5) is 0 Å². The Labute approximate surface area is 132 Å². The van der Waals surface area contributed by atoms with Crippen molar-refractivity contribution in [1.82, 2.24) is 10.0 Å². The first-order chi connectivity index (χ1) is 10.0. The lowest BCUT2D eigenvalue weighted by atomic mass is 10.2. The zero-order valence-electron chi connectivity index (χ0n) is 12.5. The minimum Gasteiger partial charge on any atom is -0.385 e. The summed E-state index contributed by atoms with van der Waals surface area (Å²) < 4.78 is 31.9. The highest BCUT2D eigenvalue weighted by molar-refractivity contribution is 7.89. The maximum atomic E-state index is 12.2. The number of benzene rings is 1. The molecule has 7 heteroatoms. The van der Waals surface area contributed by atoms with Crippen LogP contribution in [0.1, 0.15) is 25.3 Å². The standard InChI is InChI=1S/C14H23ClN2O3S/c1-3-7-16-11-12-5-6-13(15)14(10-12)21(18,19)17-8-4-9-20-2/h5-6,10,16-17H,3-4,7-9,11H2,1-2H3. The number of nitrogens with one attached hydrogen (secondary N) is 2. The molecule has 0 heterocycles. The summed E-state index contributed by atoms with van der Waals surface area (Å²) in [5.41, 5.74) is 0.894. The number of sulfonamides is 1. The Kier molecular flexibility index (Phi) is 8.21. The summed E-state index contributed by atoms with van der Waals surface area (Å²) in [6, 6.07) is 5.06. The zero-order chi connectivity index (χ0) is 15.7. The molecule has 0 aliphatic rings. The second-order valence-corrected chi connectivity index (χ2v) is 6.83. The van der Waals surface area contributed by atoms with Crippen molar-refractivity contribution in [2.45, 2.75) is 31.2 Å². The highest BCUT2D eigenvalue weighted by atomic mass is 35.5. The van der Waals surface area contributed by atoms with E-state index in [1.165, 1.54) is 0 Å². The van der Waals surface area contributed by atoms with Crippen LogP contribution in [0.3, 0.4) is 0 Å². The van der Waals surface area contributed by atoms with E-state index in [4.69, 9.17) is 16.3 Å². The smallest absolute Gasteiger partial charge is 0.242 e. The number of halogens is 1. The van der Waals surface area contributed by atoms with E-state index in [9.17, 15) is 8.42 Å². The fraction of sp³-hybridized carbons (Fsp3) is 0.571. The highest BCUT2D eigenvalue weighted by Crippen LogP contribution is 2.22. The minimum absolute atomic E-state index is 0.123. The number of hydrogen-bond donors (Lipinski definition) is 2. The van der Waals surface area contributed by atoms with E-state index in [0.717, 1.165) is 18.5 Å². The van der Waals surface area contributed by atoms with Gasteiger partial charge in [0, 0.05) is 26.8 Å². The van der Waals surface area contributed by atoms with Crippen molar-refractivity contribution in [2.24, 2.45) is 0 Å². The first-order valence-electron chi connectivity index (χ1n) is 6.99. The van der Waals surface area contributed by atoms with Crippen molar-refractivity contribution in [3.8, 4) is 0 Å². The molecule has 21 heavy (non-hydrogen) atoms. The molecule has 2 N–H and O–H groups in total. The Balaban J connectivity index is 2.77. The van der Waals surface area contributed by atoms with Gasteiger partial charge in [0.2, 0.25) is 10.0 Å². The van der Waals surface area contributed by atoms with Crippen LogP contribution in [0.15, 0.2) is 23.1 Å². The van der Waals surface area contributed by atoms with Crippen LogP contribution < -0.4 is 10.0 Å². The first kappa shape index (κ1) is 18.4. The predicted octanol–water partition coefficient (Wildman–Crippen LogP) is 2.15. The van der Waals surface area contributed by atoms with Crippen LogP contribution in [0.2, 0.25) is 5.02 Å². The number of ether oxygens (including phenoxy) is 1. The summed E-state index contributed by atoms with van der Waals surface area (Å²) in [4.78, 5) is 0.123. The van der Waals surface area contributed by atoms with Crippen LogP contribution in [-0.2, 0) is 21.3 Å². The fourth-order valence-corrected chi connectivity index (χ4v) is 3.40. The molecular weight excluding hydrogens is 312 g/mol. The average Bonchev–Trinajstić information content (AvgIpc) is 2.45. The quantitative estimate of drug-likeness (QED) is 0.643. The summed E-state index contributed by atoms with van der Waals surface area (Å²) in [5, 5.41) is 3.46. The zero-order valence-corrected chi connectivity index (χ0v) is 14.1. The summed E-state index contributed by atoms with van der Waals surface area (Å²) >= 11 is 6.02. The Morgan fingerprint density at radius 2 is 2.05 bits per heavy atom. The van der Waals surface area contributed by atoms with Gasteiger partial charge in [-0.25, -0.2) is 13.1 Å². The molecule has 0 fully saturated rings. The molecular formula is C14H23ClN2O3S. The summed E-state index contributed by atoms with van der Waals surface area (Å²) in [7, 11) is -2.01. The van der Waals surface area contributed by atoms with Gasteiger partial charge in [0.1, 0.15) is 4.90 Å². The topological polar surface area (TPSA) is 67.4 Å². The Morgan fingerprint density at radius 3 is 2.71 bits per heavy atom. The van der Waals surface area contributed by atoms with E-state index in [1.807, 2.05) is 6.07 Å². The van der Waals surface area contributed by atoms with Crippen molar-refractivity contribution in [1.29, 1.82) is 0 Å². The molecule has 1 aromatic carbocycles. The van der Waals surface area contributed by atoms with Crippen molar-refractivity contribution in [3.63, 3.8) is 0 Å². The maximum Gasteiger partial charge on any atom is 0.242 e. The lowest BCUT2D eigenvalue weighted by Gasteiger charge is -2.10. The van der Waals surface area contributed by atoms with E-state index >= 15 is 0 Å². The van der Waals surface area contributed by atoms with Crippen molar-refractivity contribution in [2.75, 3.05) is 26.8 Å². The van der Waals surface area contributed by atoms with Gasteiger partial charge in [0.25, 0.3) is 0 Å². The third-order valence-corrected chi connectivity index (χ3v) is 4.80. The van der Waals surface area contributed by atoms with Gasteiger partial charge in [0.15, 0.2) is 0 Å². The molecule has 0 spiro atoms. The lowest BCUT2D eigenvalue weighted by molar-refractivity contribution is 0.196. The summed E-state index contributed by atoms with van der Waals surface area (Å²) in [6.45, 7) is 4.42. The third-order valence-electron chi connectivity index (χ3n) is 2.86. The van der Waals surface area contributed by atoms with E-state index in [0.29, 0.717) is 26.1 Å². The molecule has 0 unspecified atom stereocenters. The second-order valence-electron chi connectivity index (χ2n) is 4.69. The molecule has 0 saturated heterocycles. The van der Waals surface area contributed by atoms with Crippen LogP contribution in [0.25, 0.3) is 0 Å². The van der Waals surface area contributed by atoms with Crippen LogP contribution in [-0.4, -0.2) is 35.2 Å². The largest absolute Gasteiger partial charge is 0.385 e. The van der Waals surface area contributed by atoms with Gasteiger partial charge in [-0.1, -0.05) is 24.6 Å². The van der Waals surface area contributed by atoms with E-state index in [2.05, 4.69) is 17.0 Å². The summed E-state index contributed by atoms with van der Waals surface area (Å²) in [5.74, 6) is 0. The average molecular weight is 335 g/mol. The lowest BCUT2D eigenvalue weighted by Crippen LogP contribution is -2.26. The van der Waals surface area contributed by atoms with Gasteiger partial charge < -0.3 is 10.1 Å². The predicted molar refractivity (Wildman–Crippen MR) is 85.1 cm³/mol. The Bertz CT molecular complexity index is 535. The first-order valence-corrected chi connectivity index (χ1v) is 8.85. The molecule has 0 aliphatic heterocycles. The van der Waals surface area contributed by atoms with Crippen molar-refractivity contribution in [3.05, 3.63) is 28.8 Å². The molecule has 0 aromatic heterocycles. The number of hydrogen-bond acceptors (Lipinski definition) is 4. The van der Waals surface area contributed by atoms with Gasteiger partial charge in [-0.3, -0.25) is 0 Å². The molecule has 5 nitrogen and oxygen atoms in total. The SMILES string of the molecule is CCCNCc1ccc(Cl)c(S(=O)(=O)NCCCOC)c1. The molecule has 0 saturated carbocycles. The highest BCUT2D eigenvalue weighted by Gasteiger charge is 2.17. The Morgan fingerprint density at radius 1 is 1.29 bits per heavy atom. The number of methoxy groups -OCH3 is 1. The normalized spacial score (nSPS) is 11.8. The molecule has 0 amide bonds. The maximum absolute atomic E-state index is 12.2. The molecule has 120 valence electrons. The third kappa shape index (κ3) is 6.32. The van der Waals surface area contributed by atoms with E-state index < -0.39 is 10.0 Å². The van der Waals surface area contributed by atoms with Gasteiger partial charge >= 0.3 is 0 Å². The van der Waals surface area contributed by atoms with Crippen molar-refractivity contribution >= 4 is 21.6 Å². The minimum atomic E-state index is -3.59. The second kappa shape index (κ2) is 9.38. The van der Waals surface area contributed by atoms with Gasteiger partial charge in [0.05, 0.1) is 5.02 Å². The van der Waals surface area contributed by atoms with Crippen LogP contribution in [0, 0.1) is 0 Å². The molecule has 0 atom stereocenters. The number of rotatable bonds is 10. The monoisotopic (exact) mass is 334 g/mol. The molecule has 0 bridgehead atoms. The van der Waals surface area contributed by atoms with Crippen LogP contribution >= 0.6 is 11.6 Å². The van der Waals surface area contributed by atoms with Gasteiger partial charge in [-0.15, -0.1) is 0 Å². The fourth-order valence-electron chi connectivity index (χ4n) is 1.77. The van der Waals surface area contributed by atoms with E-state index in [1.54, 1.807) is 19.2 Å². The molecule has 1 rings (SSSR count). The molecule has 1 aromatic rings. The van der Waals surface area contributed by atoms with Gasteiger partial charge in [-0.05, 0) is 37.1 Å².